The zero-order valence-corrected chi connectivity index (χ0v) is 13.1. The molecule has 4 nitrogen and oxygen atoms in total. The number of nitrogens with one attached hydrogen (secondary N) is 1. The molecule has 2 rings (SSSR count). The van der Waals surface area contributed by atoms with E-state index < -0.39 is 0 Å². The molecule has 19 heavy (non-hydrogen) atoms. The fourth-order valence-electron chi connectivity index (χ4n) is 1.72. The van der Waals surface area contributed by atoms with Gasteiger partial charge in [-0.15, -0.1) is 4.68 Å². The lowest BCUT2D eigenvalue weighted by Crippen LogP contribution is -3.00. The van der Waals surface area contributed by atoms with Gasteiger partial charge in [-0.05, 0) is 17.7 Å². The van der Waals surface area contributed by atoms with Crippen molar-refractivity contribution < 1.29 is 21.7 Å². The summed E-state index contributed by atoms with van der Waals surface area (Å²) in [6.07, 6.45) is 6.62. The maximum absolute atomic E-state index is 4.43. The molecule has 0 aliphatic rings. The third-order valence-corrected chi connectivity index (χ3v) is 2.82. The highest BCUT2D eigenvalue weighted by Crippen LogP contribution is 2.10. The molecular formula is C14H19BrN4. The predicted molar refractivity (Wildman–Crippen MR) is 74.1 cm³/mol. The van der Waals surface area contributed by atoms with E-state index in [1.807, 2.05) is 37.4 Å². The van der Waals surface area contributed by atoms with Crippen molar-refractivity contribution in [2.24, 2.45) is 5.10 Å². The van der Waals surface area contributed by atoms with Crippen LogP contribution in [0.25, 0.3) is 0 Å². The number of halogens is 1. The summed E-state index contributed by atoms with van der Waals surface area (Å²) in [5, 5.41) is 4.43. The lowest BCUT2D eigenvalue weighted by Gasteiger charge is -2.11. The minimum Gasteiger partial charge on any atom is -1.00 e. The SMILES string of the molecule is CCc1[nH]cc[n+]1N=Cc1ccc(N(C)C)cc1.[Br-]. The van der Waals surface area contributed by atoms with E-state index in [0.717, 1.165) is 17.8 Å². The van der Waals surface area contributed by atoms with Gasteiger partial charge in [0, 0.05) is 26.2 Å². The Hall–Kier alpha value is -1.62. The first-order chi connectivity index (χ1) is 8.70. The summed E-state index contributed by atoms with van der Waals surface area (Å²) in [5.74, 6) is 1.09. The molecule has 0 atom stereocenters. The van der Waals surface area contributed by atoms with Crippen LogP contribution in [0, 0.1) is 0 Å². The number of rotatable bonds is 4. The minimum atomic E-state index is 0. The second-order valence-corrected chi connectivity index (χ2v) is 4.34. The van der Waals surface area contributed by atoms with Gasteiger partial charge >= 0.3 is 0 Å². The smallest absolute Gasteiger partial charge is 0.279 e. The molecule has 1 aromatic carbocycles. The van der Waals surface area contributed by atoms with Crippen LogP contribution >= 0.6 is 0 Å². The molecule has 0 unspecified atom stereocenters. The molecule has 0 fully saturated rings. The number of aryl methyl sites for hydroxylation is 1. The first-order valence-electron chi connectivity index (χ1n) is 6.10. The molecule has 0 bridgehead atoms. The summed E-state index contributed by atoms with van der Waals surface area (Å²) in [7, 11) is 4.07. The highest BCUT2D eigenvalue weighted by molar-refractivity contribution is 5.79. The van der Waals surface area contributed by atoms with Crippen molar-refractivity contribution in [3.05, 3.63) is 48.0 Å². The Bertz CT molecular complexity index is 529. The molecule has 0 spiro atoms. The Kier molecular flexibility index (Phi) is 5.76. The molecule has 1 N–H and O–H groups in total. The standard InChI is InChI=1S/C14H18N4.BrH/c1-4-14-15-9-10-18(14)16-11-12-5-7-13(8-6-12)17(2)3;/h5-11H,4H2,1-3H3;1H. The van der Waals surface area contributed by atoms with Crippen LogP contribution < -0.4 is 26.6 Å². The topological polar surface area (TPSA) is 35.3 Å². The lowest BCUT2D eigenvalue weighted by molar-refractivity contribution is -0.684. The lowest BCUT2D eigenvalue weighted by atomic mass is 10.2. The Morgan fingerprint density at radius 1 is 1.26 bits per heavy atom. The first-order valence-corrected chi connectivity index (χ1v) is 6.10. The van der Waals surface area contributed by atoms with Gasteiger partial charge in [0.1, 0.15) is 6.20 Å². The van der Waals surface area contributed by atoms with E-state index in [9.17, 15) is 0 Å². The Morgan fingerprint density at radius 2 is 1.95 bits per heavy atom. The number of imidazole rings is 1. The first kappa shape index (κ1) is 15.4. The minimum absolute atomic E-state index is 0. The van der Waals surface area contributed by atoms with Gasteiger partial charge in [-0.2, -0.15) is 0 Å². The summed E-state index contributed by atoms with van der Waals surface area (Å²) in [5.41, 5.74) is 2.28. The van der Waals surface area contributed by atoms with E-state index in [4.69, 9.17) is 0 Å². The average Bonchev–Trinajstić information content (AvgIpc) is 2.84. The van der Waals surface area contributed by atoms with Crippen molar-refractivity contribution in [2.45, 2.75) is 13.3 Å². The van der Waals surface area contributed by atoms with E-state index in [1.165, 1.54) is 5.69 Å². The van der Waals surface area contributed by atoms with Crippen molar-refractivity contribution in [3.8, 4) is 0 Å². The van der Waals surface area contributed by atoms with E-state index in [2.05, 4.69) is 46.2 Å². The van der Waals surface area contributed by atoms with Gasteiger partial charge in [0.25, 0.3) is 5.82 Å². The zero-order valence-electron chi connectivity index (χ0n) is 11.5. The monoisotopic (exact) mass is 322 g/mol. The molecule has 0 saturated carbocycles. The third kappa shape index (κ3) is 3.92. The van der Waals surface area contributed by atoms with Crippen LogP contribution in [-0.4, -0.2) is 25.3 Å². The van der Waals surface area contributed by atoms with Crippen molar-refractivity contribution in [1.29, 1.82) is 0 Å². The van der Waals surface area contributed by atoms with Gasteiger partial charge in [-0.1, -0.05) is 24.2 Å². The Balaban J connectivity index is 0.00000180. The van der Waals surface area contributed by atoms with Gasteiger partial charge in [0.05, 0.1) is 6.21 Å². The quantitative estimate of drug-likeness (QED) is 0.558. The normalized spacial score (nSPS) is 10.5. The molecule has 0 amide bonds. The molecule has 0 aliphatic heterocycles. The molecule has 1 heterocycles. The van der Waals surface area contributed by atoms with Gasteiger partial charge < -0.3 is 21.9 Å². The summed E-state index contributed by atoms with van der Waals surface area (Å²) >= 11 is 0. The van der Waals surface area contributed by atoms with Gasteiger partial charge in [-0.25, -0.2) is 4.98 Å². The van der Waals surface area contributed by atoms with Crippen molar-refractivity contribution in [2.75, 3.05) is 19.0 Å². The maximum atomic E-state index is 4.43. The van der Waals surface area contributed by atoms with Gasteiger partial charge in [0.2, 0.25) is 0 Å². The molecular weight excluding hydrogens is 304 g/mol. The highest BCUT2D eigenvalue weighted by atomic mass is 79.9. The van der Waals surface area contributed by atoms with Crippen molar-refractivity contribution in [3.63, 3.8) is 0 Å². The Morgan fingerprint density at radius 3 is 2.53 bits per heavy atom. The summed E-state index contributed by atoms with van der Waals surface area (Å²) in [6, 6.07) is 8.31. The fraction of sp³-hybridized carbons (Fsp3) is 0.286. The summed E-state index contributed by atoms with van der Waals surface area (Å²) in [6.45, 7) is 2.10. The van der Waals surface area contributed by atoms with Crippen LogP contribution in [0.5, 0.6) is 0 Å². The summed E-state index contributed by atoms with van der Waals surface area (Å²) < 4.78 is 1.86. The average molecular weight is 323 g/mol. The van der Waals surface area contributed by atoms with E-state index in [-0.39, 0.29) is 17.0 Å². The fourth-order valence-corrected chi connectivity index (χ4v) is 1.72. The second-order valence-electron chi connectivity index (χ2n) is 4.34. The molecule has 1 aromatic heterocycles. The maximum Gasteiger partial charge on any atom is 0.279 e. The van der Waals surface area contributed by atoms with Crippen molar-refractivity contribution in [1.82, 2.24) is 4.98 Å². The number of hydrogen-bond acceptors (Lipinski definition) is 2. The van der Waals surface area contributed by atoms with Gasteiger partial charge in [0.15, 0.2) is 6.20 Å². The van der Waals surface area contributed by atoms with Crippen molar-refractivity contribution >= 4 is 11.9 Å². The number of hydrogen-bond donors (Lipinski definition) is 1. The number of anilines is 1. The molecule has 0 aliphatic carbocycles. The van der Waals surface area contributed by atoms with Crippen LogP contribution in [0.1, 0.15) is 18.3 Å². The Labute approximate surface area is 124 Å². The van der Waals surface area contributed by atoms with Crippen LogP contribution in [0.15, 0.2) is 41.8 Å². The molecule has 5 heteroatoms. The third-order valence-electron chi connectivity index (χ3n) is 2.82. The largest absolute Gasteiger partial charge is 1.00 e. The van der Waals surface area contributed by atoms with E-state index in [1.54, 1.807) is 0 Å². The molecule has 0 radical (unpaired) electrons. The number of H-pyrrole nitrogens is 1. The second kappa shape index (κ2) is 7.09. The highest BCUT2D eigenvalue weighted by Gasteiger charge is 2.05. The van der Waals surface area contributed by atoms with E-state index >= 15 is 0 Å². The van der Waals surface area contributed by atoms with E-state index in [0.29, 0.717) is 0 Å². The van der Waals surface area contributed by atoms with Crippen LogP contribution in [-0.2, 0) is 6.42 Å². The van der Waals surface area contributed by atoms with Crippen LogP contribution in [0.3, 0.4) is 0 Å². The number of aromatic amines is 1. The predicted octanol–water partition coefficient (Wildman–Crippen LogP) is -1.18. The zero-order chi connectivity index (χ0) is 13.0. The number of benzene rings is 1. The summed E-state index contributed by atoms with van der Waals surface area (Å²) in [4.78, 5) is 5.24. The van der Waals surface area contributed by atoms with Gasteiger partial charge in [-0.3, -0.25) is 0 Å². The molecule has 0 saturated heterocycles. The van der Waals surface area contributed by atoms with Crippen LogP contribution in [0.4, 0.5) is 5.69 Å². The number of nitrogens with zero attached hydrogens (tertiary/aromatic N) is 3. The van der Waals surface area contributed by atoms with Crippen LogP contribution in [0.2, 0.25) is 0 Å². The molecule has 102 valence electrons. The molecule has 2 aromatic rings. The number of aromatic nitrogens is 2.